The predicted molar refractivity (Wildman–Crippen MR) is 288 cm³/mol. The van der Waals surface area contributed by atoms with Crippen molar-refractivity contribution >= 4 is 17.9 Å². The molecule has 0 saturated carbocycles. The van der Waals surface area contributed by atoms with E-state index < -0.39 is 6.10 Å². The van der Waals surface area contributed by atoms with Crippen molar-refractivity contribution in [2.75, 3.05) is 13.2 Å². The van der Waals surface area contributed by atoms with Crippen molar-refractivity contribution in [1.29, 1.82) is 0 Å². The van der Waals surface area contributed by atoms with Gasteiger partial charge in [-0.2, -0.15) is 0 Å². The third kappa shape index (κ3) is 52.4. The molecule has 0 N–H and O–H groups in total. The Morgan fingerprint density at radius 1 is 0.313 bits per heavy atom. The first kappa shape index (κ1) is 62.5. The van der Waals surface area contributed by atoms with Gasteiger partial charge in [-0.1, -0.05) is 206 Å². The molecule has 0 amide bonds. The zero-order valence-electron chi connectivity index (χ0n) is 42.9. The Kier molecular flexibility index (Phi) is 50.6. The van der Waals surface area contributed by atoms with Gasteiger partial charge in [0, 0.05) is 19.3 Å². The molecule has 1 unspecified atom stereocenters. The van der Waals surface area contributed by atoms with Crippen LogP contribution in [-0.2, 0) is 28.6 Å². The number of unbranched alkanes of at least 4 members (excludes halogenated alkanes) is 13. The topological polar surface area (TPSA) is 78.9 Å². The number of rotatable bonds is 46. The van der Waals surface area contributed by atoms with Crippen molar-refractivity contribution in [3.8, 4) is 0 Å². The molecule has 0 aromatic rings. The van der Waals surface area contributed by atoms with Crippen LogP contribution < -0.4 is 0 Å². The van der Waals surface area contributed by atoms with Gasteiger partial charge in [0.05, 0.1) is 0 Å². The minimum absolute atomic E-state index is 0.129. The molecule has 0 saturated heterocycles. The van der Waals surface area contributed by atoms with E-state index in [0.717, 1.165) is 109 Å². The van der Waals surface area contributed by atoms with Gasteiger partial charge in [-0.15, -0.1) is 0 Å². The van der Waals surface area contributed by atoms with Gasteiger partial charge in [-0.05, 0) is 122 Å². The summed E-state index contributed by atoms with van der Waals surface area (Å²) in [5, 5.41) is 0. The molecule has 0 aliphatic carbocycles. The highest BCUT2D eigenvalue weighted by atomic mass is 16.6. The van der Waals surface area contributed by atoms with Crippen molar-refractivity contribution in [2.45, 2.75) is 219 Å². The maximum atomic E-state index is 12.8. The molecular weight excluding hydrogens is 829 g/mol. The number of esters is 3. The van der Waals surface area contributed by atoms with Gasteiger partial charge in [-0.3, -0.25) is 14.4 Å². The molecule has 6 nitrogen and oxygen atoms in total. The number of allylic oxidation sites excluding steroid dienone is 22. The molecule has 0 rings (SSSR count). The molecule has 0 radical (unpaired) electrons. The first-order chi connectivity index (χ1) is 33.0. The van der Waals surface area contributed by atoms with Gasteiger partial charge in [-0.25, -0.2) is 0 Å². The zero-order valence-corrected chi connectivity index (χ0v) is 42.9. The minimum atomic E-state index is -0.839. The number of carbonyl (C=O) groups excluding carboxylic acids is 3. The van der Waals surface area contributed by atoms with Gasteiger partial charge >= 0.3 is 17.9 Å². The highest BCUT2D eigenvalue weighted by Crippen LogP contribution is 2.12. The number of ether oxygens (including phenoxy) is 3. The number of carbonyl (C=O) groups is 3. The normalized spacial score (nSPS) is 13.2. The van der Waals surface area contributed by atoms with Crippen molar-refractivity contribution in [2.24, 2.45) is 0 Å². The largest absolute Gasteiger partial charge is 0.462 e. The first-order valence-electron chi connectivity index (χ1n) is 26.7. The Morgan fingerprint density at radius 2 is 0.612 bits per heavy atom. The van der Waals surface area contributed by atoms with Gasteiger partial charge in [0.1, 0.15) is 13.2 Å². The molecule has 0 bridgehead atoms. The lowest BCUT2D eigenvalue weighted by Crippen LogP contribution is -2.30. The predicted octanol–water partition coefficient (Wildman–Crippen LogP) is 17.9. The summed E-state index contributed by atoms with van der Waals surface area (Å²) in [5.41, 5.74) is 0. The monoisotopic (exact) mass is 925 g/mol. The van der Waals surface area contributed by atoms with Crippen molar-refractivity contribution in [1.82, 2.24) is 0 Å². The van der Waals surface area contributed by atoms with Crippen LogP contribution in [0.1, 0.15) is 213 Å². The van der Waals surface area contributed by atoms with Crippen LogP contribution >= 0.6 is 0 Å². The average Bonchev–Trinajstić information content (AvgIpc) is 3.33. The van der Waals surface area contributed by atoms with E-state index >= 15 is 0 Å². The minimum Gasteiger partial charge on any atom is -0.462 e. The fraction of sp³-hybridized carbons (Fsp3) is 0.590. The summed E-state index contributed by atoms with van der Waals surface area (Å²) < 4.78 is 16.7. The highest BCUT2D eigenvalue weighted by Gasteiger charge is 2.19. The van der Waals surface area contributed by atoms with E-state index in [4.69, 9.17) is 14.2 Å². The van der Waals surface area contributed by atoms with Gasteiger partial charge in [0.2, 0.25) is 0 Å². The second kappa shape index (κ2) is 54.2. The summed E-state index contributed by atoms with van der Waals surface area (Å²) in [7, 11) is 0. The van der Waals surface area contributed by atoms with Crippen LogP contribution in [0.25, 0.3) is 0 Å². The summed E-state index contributed by atoms with van der Waals surface area (Å²) in [5.74, 6) is -1.08. The fourth-order valence-electron chi connectivity index (χ4n) is 6.69. The van der Waals surface area contributed by atoms with Crippen molar-refractivity contribution in [3.63, 3.8) is 0 Å². The van der Waals surface area contributed by atoms with E-state index in [1.807, 2.05) is 12.2 Å². The molecule has 0 fully saturated rings. The summed E-state index contributed by atoms with van der Waals surface area (Å²) in [6, 6.07) is 0. The van der Waals surface area contributed by atoms with Crippen molar-refractivity contribution < 1.29 is 28.6 Å². The molecule has 376 valence electrons. The maximum absolute atomic E-state index is 12.8. The van der Waals surface area contributed by atoms with Crippen LogP contribution in [0.5, 0.6) is 0 Å². The van der Waals surface area contributed by atoms with E-state index in [1.54, 1.807) is 0 Å². The van der Waals surface area contributed by atoms with E-state index in [0.29, 0.717) is 19.3 Å². The lowest BCUT2D eigenvalue weighted by Gasteiger charge is -2.18. The molecule has 1 atom stereocenters. The van der Waals surface area contributed by atoms with Crippen LogP contribution in [0.15, 0.2) is 134 Å². The molecule has 0 aliphatic rings. The van der Waals surface area contributed by atoms with E-state index in [9.17, 15) is 14.4 Å². The zero-order chi connectivity index (χ0) is 48.6. The molecule has 0 aromatic carbocycles. The lowest BCUT2D eigenvalue weighted by atomic mass is 10.1. The summed E-state index contributed by atoms with van der Waals surface area (Å²) in [6.07, 6.45) is 76.0. The van der Waals surface area contributed by atoms with E-state index in [2.05, 4.69) is 142 Å². The van der Waals surface area contributed by atoms with Crippen LogP contribution in [0.2, 0.25) is 0 Å². The lowest BCUT2D eigenvalue weighted by molar-refractivity contribution is -0.166. The van der Waals surface area contributed by atoms with Crippen LogP contribution in [0.3, 0.4) is 0 Å². The third-order valence-electron chi connectivity index (χ3n) is 10.6. The average molecular weight is 925 g/mol. The molecule has 0 spiro atoms. The third-order valence-corrected chi connectivity index (χ3v) is 10.6. The molecule has 0 aromatic heterocycles. The molecule has 67 heavy (non-hydrogen) atoms. The Bertz CT molecular complexity index is 1480. The van der Waals surface area contributed by atoms with Gasteiger partial charge in [0.25, 0.3) is 0 Å². The number of hydrogen-bond acceptors (Lipinski definition) is 6. The number of hydrogen-bond donors (Lipinski definition) is 0. The summed E-state index contributed by atoms with van der Waals surface area (Å²) >= 11 is 0. The Balaban J connectivity index is 4.53. The van der Waals surface area contributed by atoms with Crippen LogP contribution in [0.4, 0.5) is 0 Å². The Morgan fingerprint density at radius 3 is 1.03 bits per heavy atom. The smallest absolute Gasteiger partial charge is 0.306 e. The standard InChI is InChI=1S/C61H96O6/c1-4-7-10-13-16-19-22-25-27-28-29-30-31-32-34-36-39-42-45-48-51-54-60(63)66-57-58(56-65-59(62)53-50-47-44-41-38-35-24-21-18-15-12-9-6-3)67-61(64)55-52-49-46-43-40-37-33-26-23-20-17-14-11-8-5-2/h8-9,11-12,17-18,20-22,25-26,28-29,31-33,35,38,40,43-44,47,58H,4-7,10,13-16,19,23-24,27,30,34,36-37,39,41-42,45-46,48-57H2,1-3H3/b11-8-,12-9-,20-17-,21-18-,25-22-,29-28-,32-31-,33-26-,38-35-,43-40-,47-44-. The van der Waals surface area contributed by atoms with E-state index in [1.165, 1.54) is 51.4 Å². The molecule has 6 heteroatoms. The quantitative estimate of drug-likeness (QED) is 0.0262. The molecular formula is C61H96O6. The first-order valence-corrected chi connectivity index (χ1v) is 26.7. The van der Waals surface area contributed by atoms with Crippen molar-refractivity contribution in [3.05, 3.63) is 134 Å². The van der Waals surface area contributed by atoms with Crippen LogP contribution in [0, 0.1) is 0 Å². The van der Waals surface area contributed by atoms with E-state index in [-0.39, 0.29) is 44.0 Å². The maximum Gasteiger partial charge on any atom is 0.306 e. The summed E-state index contributed by atoms with van der Waals surface area (Å²) in [4.78, 5) is 38.0. The second-order valence-electron chi connectivity index (χ2n) is 17.0. The Labute approximate surface area is 411 Å². The van der Waals surface area contributed by atoms with Crippen LogP contribution in [-0.4, -0.2) is 37.2 Å². The van der Waals surface area contributed by atoms with Gasteiger partial charge in [0.15, 0.2) is 6.10 Å². The second-order valence-corrected chi connectivity index (χ2v) is 17.0. The van der Waals surface area contributed by atoms with Gasteiger partial charge < -0.3 is 14.2 Å². The molecule has 0 aliphatic heterocycles. The Hall–Kier alpha value is -4.45. The summed E-state index contributed by atoms with van der Waals surface area (Å²) in [6.45, 7) is 6.26. The SMILES string of the molecule is CC/C=C\C/C=C\C/C=C\C/C=C\CCCCC(=O)OC(COC(=O)CC/C=C\C/C=C\C/C=C\C/C=C\CC)COC(=O)CCCCCCCC/C=C\C/C=C\C/C=C\CCCCCCC. The fourth-order valence-corrected chi connectivity index (χ4v) is 6.69. The molecule has 0 heterocycles. The highest BCUT2D eigenvalue weighted by molar-refractivity contribution is 5.71.